The fourth-order valence-corrected chi connectivity index (χ4v) is 1.90. The van der Waals surface area contributed by atoms with Gasteiger partial charge in [0.25, 0.3) is 5.91 Å². The third-order valence-corrected chi connectivity index (χ3v) is 3.02. The van der Waals surface area contributed by atoms with Gasteiger partial charge in [-0.05, 0) is 18.2 Å². The molecule has 22 heavy (non-hydrogen) atoms. The summed E-state index contributed by atoms with van der Waals surface area (Å²) in [4.78, 5) is 16.2. The van der Waals surface area contributed by atoms with E-state index in [1.54, 1.807) is 25.3 Å². The molecule has 9 nitrogen and oxygen atoms in total. The van der Waals surface area contributed by atoms with Crippen LogP contribution in [0, 0.1) is 0 Å². The topological polar surface area (TPSA) is 119 Å². The van der Waals surface area contributed by atoms with Gasteiger partial charge >= 0.3 is 0 Å². The minimum absolute atomic E-state index is 0.187. The second kappa shape index (κ2) is 6.31. The SMILES string of the molecule is COCCc1nc(CNC(=O)c2ccc3n[nH]nc3c2)no1. The number of ether oxygens (including phenoxy) is 1. The van der Waals surface area contributed by atoms with Crippen molar-refractivity contribution in [3.8, 4) is 0 Å². The molecule has 2 N–H and O–H groups in total. The number of hydrogen-bond donors (Lipinski definition) is 2. The van der Waals surface area contributed by atoms with Crippen LogP contribution < -0.4 is 5.32 Å². The number of rotatable bonds is 6. The standard InChI is InChI=1S/C13H14N6O3/c1-21-5-4-12-15-11(18-22-12)7-14-13(20)8-2-3-9-10(6-8)17-19-16-9/h2-3,6H,4-5,7H2,1H3,(H,14,20)(H,16,17,19). The monoisotopic (exact) mass is 302 g/mol. The Balaban J connectivity index is 1.60. The summed E-state index contributed by atoms with van der Waals surface area (Å²) in [5.74, 6) is 0.658. The summed E-state index contributed by atoms with van der Waals surface area (Å²) < 4.78 is 9.97. The Morgan fingerprint density at radius 2 is 2.23 bits per heavy atom. The third kappa shape index (κ3) is 3.09. The maximum atomic E-state index is 12.1. The lowest BCUT2D eigenvalue weighted by Crippen LogP contribution is -2.23. The molecule has 0 fully saturated rings. The predicted molar refractivity (Wildman–Crippen MR) is 74.9 cm³/mol. The molecule has 3 rings (SSSR count). The van der Waals surface area contributed by atoms with Gasteiger partial charge in [-0.1, -0.05) is 5.16 Å². The highest BCUT2D eigenvalue weighted by Gasteiger charge is 2.10. The van der Waals surface area contributed by atoms with Crippen LogP contribution >= 0.6 is 0 Å². The van der Waals surface area contributed by atoms with Crippen LogP contribution in [0.25, 0.3) is 11.0 Å². The summed E-state index contributed by atoms with van der Waals surface area (Å²) in [6.07, 6.45) is 0.542. The summed E-state index contributed by atoms with van der Waals surface area (Å²) in [7, 11) is 1.60. The molecule has 0 saturated heterocycles. The molecule has 3 aromatic rings. The van der Waals surface area contributed by atoms with Crippen LogP contribution in [0.1, 0.15) is 22.1 Å². The molecule has 114 valence electrons. The highest BCUT2D eigenvalue weighted by molar-refractivity contribution is 5.97. The van der Waals surface area contributed by atoms with Crippen molar-refractivity contribution in [2.75, 3.05) is 13.7 Å². The first-order chi connectivity index (χ1) is 10.8. The van der Waals surface area contributed by atoms with E-state index in [0.29, 0.717) is 41.3 Å². The Labute approximate surface area is 125 Å². The minimum Gasteiger partial charge on any atom is -0.384 e. The van der Waals surface area contributed by atoms with E-state index in [2.05, 4.69) is 30.9 Å². The van der Waals surface area contributed by atoms with E-state index in [9.17, 15) is 4.79 Å². The van der Waals surface area contributed by atoms with E-state index in [-0.39, 0.29) is 12.5 Å². The lowest BCUT2D eigenvalue weighted by atomic mass is 10.2. The number of nitrogens with one attached hydrogen (secondary N) is 2. The average molecular weight is 302 g/mol. The molecule has 0 spiro atoms. The molecule has 0 aliphatic rings. The Kier molecular flexibility index (Phi) is 4.05. The number of carbonyl (C=O) groups excluding carboxylic acids is 1. The third-order valence-electron chi connectivity index (χ3n) is 3.02. The van der Waals surface area contributed by atoms with Crippen LogP contribution in [0.4, 0.5) is 0 Å². The largest absolute Gasteiger partial charge is 0.384 e. The lowest BCUT2D eigenvalue weighted by molar-refractivity contribution is 0.0949. The maximum absolute atomic E-state index is 12.1. The van der Waals surface area contributed by atoms with E-state index < -0.39 is 0 Å². The minimum atomic E-state index is -0.242. The highest BCUT2D eigenvalue weighted by atomic mass is 16.5. The fourth-order valence-electron chi connectivity index (χ4n) is 1.90. The van der Waals surface area contributed by atoms with Crippen molar-refractivity contribution in [2.45, 2.75) is 13.0 Å². The van der Waals surface area contributed by atoms with Gasteiger partial charge in [0.05, 0.1) is 19.6 Å². The normalized spacial score (nSPS) is 11.0. The van der Waals surface area contributed by atoms with Gasteiger partial charge in [0, 0.05) is 12.7 Å². The average Bonchev–Trinajstić information content (AvgIpc) is 3.18. The number of carbonyl (C=O) groups is 1. The molecule has 0 radical (unpaired) electrons. The molecule has 0 unspecified atom stereocenters. The number of methoxy groups -OCH3 is 1. The number of hydrogen-bond acceptors (Lipinski definition) is 7. The zero-order valence-electron chi connectivity index (χ0n) is 11.9. The van der Waals surface area contributed by atoms with Crippen molar-refractivity contribution in [1.29, 1.82) is 0 Å². The molecule has 0 saturated carbocycles. The Morgan fingerprint density at radius 3 is 3.09 bits per heavy atom. The van der Waals surface area contributed by atoms with Crippen LogP contribution in [0.3, 0.4) is 0 Å². The molecular formula is C13H14N6O3. The maximum Gasteiger partial charge on any atom is 0.251 e. The molecule has 2 heterocycles. The molecule has 1 amide bonds. The Bertz CT molecular complexity index is 781. The van der Waals surface area contributed by atoms with Gasteiger partial charge in [-0.2, -0.15) is 20.4 Å². The van der Waals surface area contributed by atoms with E-state index >= 15 is 0 Å². The first-order valence-electron chi connectivity index (χ1n) is 6.65. The second-order valence-electron chi connectivity index (χ2n) is 4.56. The van der Waals surface area contributed by atoms with Gasteiger partial charge in [-0.3, -0.25) is 4.79 Å². The smallest absolute Gasteiger partial charge is 0.251 e. The molecule has 9 heteroatoms. The van der Waals surface area contributed by atoms with Crippen LogP contribution in [-0.2, 0) is 17.7 Å². The first kappa shape index (κ1) is 14.1. The van der Waals surface area contributed by atoms with E-state index in [0.717, 1.165) is 0 Å². The van der Waals surface area contributed by atoms with Crippen molar-refractivity contribution in [1.82, 2.24) is 30.9 Å². The van der Waals surface area contributed by atoms with Gasteiger partial charge in [0.1, 0.15) is 11.0 Å². The van der Waals surface area contributed by atoms with Gasteiger partial charge < -0.3 is 14.6 Å². The van der Waals surface area contributed by atoms with Crippen molar-refractivity contribution in [3.63, 3.8) is 0 Å². The number of benzene rings is 1. The Hall–Kier alpha value is -2.81. The summed E-state index contributed by atoms with van der Waals surface area (Å²) in [6, 6.07) is 5.07. The second-order valence-corrected chi connectivity index (χ2v) is 4.56. The van der Waals surface area contributed by atoms with E-state index in [1.165, 1.54) is 0 Å². The van der Waals surface area contributed by atoms with E-state index in [4.69, 9.17) is 9.26 Å². The molecule has 2 aromatic heterocycles. The van der Waals surface area contributed by atoms with Crippen LogP contribution in [0.5, 0.6) is 0 Å². The summed E-state index contributed by atoms with van der Waals surface area (Å²) >= 11 is 0. The van der Waals surface area contributed by atoms with Crippen LogP contribution in [0.15, 0.2) is 22.7 Å². The van der Waals surface area contributed by atoms with Gasteiger partial charge in [-0.25, -0.2) is 0 Å². The van der Waals surface area contributed by atoms with Gasteiger partial charge in [-0.15, -0.1) is 0 Å². The summed E-state index contributed by atoms with van der Waals surface area (Å²) in [6.45, 7) is 0.692. The lowest BCUT2D eigenvalue weighted by Gasteiger charge is -2.01. The Morgan fingerprint density at radius 1 is 1.36 bits per heavy atom. The van der Waals surface area contributed by atoms with Gasteiger partial charge in [0.2, 0.25) is 5.89 Å². The number of aromatic amines is 1. The molecular weight excluding hydrogens is 288 g/mol. The number of amides is 1. The molecule has 0 atom stereocenters. The highest BCUT2D eigenvalue weighted by Crippen LogP contribution is 2.10. The number of aromatic nitrogens is 5. The molecule has 0 aliphatic heterocycles. The molecule has 1 aromatic carbocycles. The van der Waals surface area contributed by atoms with Gasteiger partial charge in [0.15, 0.2) is 5.82 Å². The number of nitrogens with zero attached hydrogens (tertiary/aromatic N) is 4. The number of fused-ring (bicyclic) bond motifs is 1. The summed E-state index contributed by atoms with van der Waals surface area (Å²) in [5.41, 5.74) is 1.83. The number of H-pyrrole nitrogens is 1. The zero-order valence-corrected chi connectivity index (χ0v) is 11.9. The first-order valence-corrected chi connectivity index (χ1v) is 6.65. The van der Waals surface area contributed by atoms with Crippen molar-refractivity contribution >= 4 is 16.9 Å². The van der Waals surface area contributed by atoms with Crippen LogP contribution in [0.2, 0.25) is 0 Å². The zero-order chi connectivity index (χ0) is 15.4. The molecule has 0 bridgehead atoms. The predicted octanol–water partition coefficient (Wildman–Crippen LogP) is 0.460. The van der Waals surface area contributed by atoms with Crippen molar-refractivity contribution < 1.29 is 14.1 Å². The van der Waals surface area contributed by atoms with Crippen LogP contribution in [-0.4, -0.2) is 45.2 Å². The van der Waals surface area contributed by atoms with Crippen molar-refractivity contribution in [2.24, 2.45) is 0 Å². The quantitative estimate of drug-likeness (QED) is 0.678. The fraction of sp³-hybridized carbons (Fsp3) is 0.308. The van der Waals surface area contributed by atoms with E-state index in [1.807, 2.05) is 0 Å². The summed E-state index contributed by atoms with van der Waals surface area (Å²) in [5, 5.41) is 16.9. The van der Waals surface area contributed by atoms with Crippen molar-refractivity contribution in [3.05, 3.63) is 35.5 Å². The molecule has 0 aliphatic carbocycles.